The number of ether oxygens (including phenoxy) is 2. The van der Waals surface area contributed by atoms with Crippen LogP contribution in [0.5, 0.6) is 0 Å². The molecule has 0 saturated carbocycles. The highest BCUT2D eigenvalue weighted by molar-refractivity contribution is 4.80. The fourth-order valence-electron chi connectivity index (χ4n) is 1.22. The first kappa shape index (κ1) is 10.9. The summed E-state index contributed by atoms with van der Waals surface area (Å²) in [6.45, 7) is 2.60. The monoisotopic (exact) mass is 191 g/mol. The van der Waals surface area contributed by atoms with Crippen LogP contribution in [-0.4, -0.2) is 61.9 Å². The normalized spacial score (nSPS) is 28.2. The third-order valence-electron chi connectivity index (χ3n) is 1.94. The molecule has 0 aromatic rings. The van der Waals surface area contributed by atoms with Crippen LogP contribution in [0, 0.1) is 0 Å². The van der Waals surface area contributed by atoms with Crippen LogP contribution >= 0.6 is 0 Å². The van der Waals surface area contributed by atoms with Crippen molar-refractivity contribution < 1.29 is 19.7 Å². The van der Waals surface area contributed by atoms with Crippen molar-refractivity contribution in [2.24, 2.45) is 0 Å². The highest BCUT2D eigenvalue weighted by atomic mass is 16.5. The van der Waals surface area contributed by atoms with Crippen molar-refractivity contribution in [2.45, 2.75) is 12.1 Å². The molecule has 1 rings (SSSR count). The van der Waals surface area contributed by atoms with Gasteiger partial charge in [0.1, 0.15) is 0 Å². The lowest BCUT2D eigenvalue weighted by Crippen LogP contribution is -2.40. The second-order valence-electron chi connectivity index (χ2n) is 3.00. The van der Waals surface area contributed by atoms with Crippen LogP contribution in [-0.2, 0) is 9.47 Å². The van der Waals surface area contributed by atoms with Crippen LogP contribution < -0.4 is 5.32 Å². The molecule has 2 atom stereocenters. The molecular formula is C8H17NO4. The molecule has 3 N–H and O–H groups in total. The van der Waals surface area contributed by atoms with Gasteiger partial charge >= 0.3 is 0 Å². The van der Waals surface area contributed by atoms with E-state index in [1.54, 1.807) is 0 Å². The molecule has 1 saturated heterocycles. The topological polar surface area (TPSA) is 71.0 Å². The summed E-state index contributed by atoms with van der Waals surface area (Å²) in [7, 11) is 0. The Balaban J connectivity index is 1.93. The molecule has 13 heavy (non-hydrogen) atoms. The molecule has 2 unspecified atom stereocenters. The number of hydrogen-bond acceptors (Lipinski definition) is 5. The second kappa shape index (κ2) is 6.28. The van der Waals surface area contributed by atoms with Gasteiger partial charge in [-0.25, -0.2) is 0 Å². The van der Waals surface area contributed by atoms with E-state index < -0.39 is 6.10 Å². The SMILES string of the molecule is OCCOCCNC1COCC1O. The molecule has 0 spiro atoms. The Hall–Kier alpha value is -0.200. The Morgan fingerprint density at radius 3 is 2.85 bits per heavy atom. The first-order chi connectivity index (χ1) is 6.34. The lowest BCUT2D eigenvalue weighted by atomic mass is 10.2. The highest BCUT2D eigenvalue weighted by Gasteiger charge is 2.24. The van der Waals surface area contributed by atoms with Gasteiger partial charge in [-0.1, -0.05) is 0 Å². The van der Waals surface area contributed by atoms with Gasteiger partial charge in [0.05, 0.1) is 45.2 Å². The molecule has 1 aliphatic heterocycles. The molecule has 0 bridgehead atoms. The van der Waals surface area contributed by atoms with E-state index in [9.17, 15) is 5.11 Å². The summed E-state index contributed by atoms with van der Waals surface area (Å²) in [5.74, 6) is 0. The average molecular weight is 191 g/mol. The number of rotatable bonds is 6. The van der Waals surface area contributed by atoms with E-state index >= 15 is 0 Å². The van der Waals surface area contributed by atoms with Crippen molar-refractivity contribution in [3.05, 3.63) is 0 Å². The molecule has 0 aromatic carbocycles. The molecule has 78 valence electrons. The highest BCUT2D eigenvalue weighted by Crippen LogP contribution is 2.03. The summed E-state index contributed by atoms with van der Waals surface area (Å²) in [6.07, 6.45) is -0.405. The zero-order valence-electron chi connectivity index (χ0n) is 7.61. The van der Waals surface area contributed by atoms with Gasteiger partial charge in [-0.3, -0.25) is 0 Å². The standard InChI is InChI=1S/C8H17NO4/c10-2-4-12-3-1-9-7-5-13-6-8(7)11/h7-11H,1-6H2. The molecule has 1 aliphatic rings. The predicted octanol–water partition coefficient (Wildman–Crippen LogP) is -1.66. The smallest absolute Gasteiger partial charge is 0.0948 e. The second-order valence-corrected chi connectivity index (χ2v) is 3.00. The van der Waals surface area contributed by atoms with Crippen LogP contribution in [0.4, 0.5) is 0 Å². The zero-order chi connectivity index (χ0) is 9.52. The molecule has 1 fully saturated rings. The Kier molecular flexibility index (Phi) is 5.26. The maximum atomic E-state index is 9.32. The van der Waals surface area contributed by atoms with Crippen molar-refractivity contribution in [2.75, 3.05) is 39.6 Å². The Bertz CT molecular complexity index is 133. The molecule has 5 heteroatoms. The van der Waals surface area contributed by atoms with Gasteiger partial charge in [0.15, 0.2) is 0 Å². The van der Waals surface area contributed by atoms with Crippen LogP contribution in [0.2, 0.25) is 0 Å². The van der Waals surface area contributed by atoms with E-state index in [4.69, 9.17) is 14.6 Å². The summed E-state index contributed by atoms with van der Waals surface area (Å²) in [4.78, 5) is 0. The molecule has 0 radical (unpaired) electrons. The minimum Gasteiger partial charge on any atom is -0.394 e. The van der Waals surface area contributed by atoms with Gasteiger partial charge in [0, 0.05) is 6.54 Å². The van der Waals surface area contributed by atoms with E-state index in [1.807, 2.05) is 0 Å². The maximum Gasteiger partial charge on any atom is 0.0948 e. The predicted molar refractivity (Wildman–Crippen MR) is 46.5 cm³/mol. The first-order valence-corrected chi connectivity index (χ1v) is 4.52. The van der Waals surface area contributed by atoms with E-state index in [2.05, 4.69) is 5.32 Å². The third-order valence-corrected chi connectivity index (χ3v) is 1.94. The number of aliphatic hydroxyl groups is 2. The van der Waals surface area contributed by atoms with Crippen molar-refractivity contribution in [1.82, 2.24) is 5.32 Å². The Morgan fingerprint density at radius 1 is 1.38 bits per heavy atom. The van der Waals surface area contributed by atoms with Gasteiger partial charge in [-0.05, 0) is 0 Å². The molecule has 0 aliphatic carbocycles. The van der Waals surface area contributed by atoms with Crippen molar-refractivity contribution in [3.8, 4) is 0 Å². The first-order valence-electron chi connectivity index (χ1n) is 4.52. The summed E-state index contributed by atoms with van der Waals surface area (Å²) in [5.41, 5.74) is 0. The fraction of sp³-hybridized carbons (Fsp3) is 1.00. The van der Waals surface area contributed by atoms with E-state index in [0.29, 0.717) is 33.0 Å². The van der Waals surface area contributed by atoms with E-state index in [-0.39, 0.29) is 12.6 Å². The fourth-order valence-corrected chi connectivity index (χ4v) is 1.22. The number of hydrogen-bond donors (Lipinski definition) is 3. The van der Waals surface area contributed by atoms with Crippen LogP contribution in [0.1, 0.15) is 0 Å². The van der Waals surface area contributed by atoms with Crippen LogP contribution in [0.15, 0.2) is 0 Å². The molecule has 0 amide bonds. The van der Waals surface area contributed by atoms with Gasteiger partial charge < -0.3 is 25.0 Å². The third kappa shape index (κ3) is 4.02. The average Bonchev–Trinajstić information content (AvgIpc) is 2.52. The van der Waals surface area contributed by atoms with Crippen molar-refractivity contribution in [1.29, 1.82) is 0 Å². The lowest BCUT2D eigenvalue weighted by Gasteiger charge is -2.13. The summed E-state index contributed by atoms with van der Waals surface area (Å²) in [5, 5.41) is 20.8. The van der Waals surface area contributed by atoms with Gasteiger partial charge in [0.25, 0.3) is 0 Å². The maximum absolute atomic E-state index is 9.32. The van der Waals surface area contributed by atoms with E-state index in [0.717, 1.165) is 0 Å². The Morgan fingerprint density at radius 2 is 2.23 bits per heavy atom. The van der Waals surface area contributed by atoms with Crippen molar-refractivity contribution in [3.63, 3.8) is 0 Å². The van der Waals surface area contributed by atoms with Crippen LogP contribution in [0.3, 0.4) is 0 Å². The lowest BCUT2D eigenvalue weighted by molar-refractivity contribution is 0.0883. The minimum absolute atomic E-state index is 0.0257. The Labute approximate surface area is 77.7 Å². The summed E-state index contributed by atoms with van der Waals surface area (Å²) >= 11 is 0. The quantitative estimate of drug-likeness (QED) is 0.439. The molecular weight excluding hydrogens is 174 g/mol. The minimum atomic E-state index is -0.405. The van der Waals surface area contributed by atoms with Crippen LogP contribution in [0.25, 0.3) is 0 Å². The zero-order valence-corrected chi connectivity index (χ0v) is 7.61. The number of aliphatic hydroxyl groups excluding tert-OH is 2. The van der Waals surface area contributed by atoms with Gasteiger partial charge in [-0.2, -0.15) is 0 Å². The molecule has 5 nitrogen and oxygen atoms in total. The molecule has 1 heterocycles. The summed E-state index contributed by atoms with van der Waals surface area (Å²) < 4.78 is 10.1. The van der Waals surface area contributed by atoms with Gasteiger partial charge in [-0.15, -0.1) is 0 Å². The number of nitrogens with one attached hydrogen (secondary N) is 1. The van der Waals surface area contributed by atoms with E-state index in [1.165, 1.54) is 0 Å². The largest absolute Gasteiger partial charge is 0.394 e. The van der Waals surface area contributed by atoms with Gasteiger partial charge in [0.2, 0.25) is 0 Å². The molecule has 0 aromatic heterocycles. The van der Waals surface area contributed by atoms with Crippen molar-refractivity contribution >= 4 is 0 Å². The summed E-state index contributed by atoms with van der Waals surface area (Å²) in [6, 6.07) is 0.0257.